The number of nitrogens with zero attached hydrogens (tertiary/aromatic N) is 2. The third kappa shape index (κ3) is 4.68. The van der Waals surface area contributed by atoms with Gasteiger partial charge in [-0.1, -0.05) is 18.2 Å². The van der Waals surface area contributed by atoms with Crippen molar-refractivity contribution < 1.29 is 9.52 Å². The molecule has 1 fully saturated rings. The highest BCUT2D eigenvalue weighted by Crippen LogP contribution is 2.23. The van der Waals surface area contributed by atoms with Crippen molar-refractivity contribution in [2.75, 3.05) is 26.2 Å². The van der Waals surface area contributed by atoms with Crippen LogP contribution >= 0.6 is 11.3 Å². The molecule has 142 valence electrons. The summed E-state index contributed by atoms with van der Waals surface area (Å²) >= 11 is 1.75. The minimum atomic E-state index is 0.243. The molecule has 1 N–H and O–H groups in total. The van der Waals surface area contributed by atoms with E-state index in [0.29, 0.717) is 6.04 Å². The number of thiophene rings is 1. The summed E-state index contributed by atoms with van der Waals surface area (Å²) in [5.41, 5.74) is 3.81. The Balaban J connectivity index is 1.41. The third-order valence-electron chi connectivity index (χ3n) is 5.26. The average Bonchev–Trinajstić information content (AvgIpc) is 3.38. The third-order valence-corrected chi connectivity index (χ3v) is 5.99. The van der Waals surface area contributed by atoms with E-state index in [2.05, 4.69) is 50.9 Å². The van der Waals surface area contributed by atoms with Gasteiger partial charge in [0.15, 0.2) is 0 Å². The molecular weight excluding hydrogens is 356 g/mol. The first-order chi connectivity index (χ1) is 13.3. The van der Waals surface area contributed by atoms with E-state index in [0.717, 1.165) is 50.5 Å². The van der Waals surface area contributed by atoms with E-state index in [1.54, 1.807) is 17.6 Å². The molecule has 0 aliphatic carbocycles. The first-order valence-corrected chi connectivity index (χ1v) is 10.5. The van der Waals surface area contributed by atoms with Crippen molar-refractivity contribution in [2.45, 2.75) is 25.6 Å². The van der Waals surface area contributed by atoms with Gasteiger partial charge in [-0.2, -0.15) is 11.3 Å². The van der Waals surface area contributed by atoms with E-state index in [1.165, 1.54) is 11.1 Å². The maximum absolute atomic E-state index is 9.53. The zero-order valence-corrected chi connectivity index (χ0v) is 16.3. The quantitative estimate of drug-likeness (QED) is 0.668. The van der Waals surface area contributed by atoms with E-state index in [9.17, 15) is 5.11 Å². The fraction of sp³-hybridized carbons (Fsp3) is 0.364. The maximum atomic E-state index is 9.53. The Bertz CT molecular complexity index is 817. The number of hydrogen-bond acceptors (Lipinski definition) is 5. The molecular formula is C22H26N2O2S. The highest BCUT2D eigenvalue weighted by molar-refractivity contribution is 7.07. The molecule has 0 radical (unpaired) electrons. The second kappa shape index (κ2) is 8.85. The Kier molecular flexibility index (Phi) is 6.04. The van der Waals surface area contributed by atoms with E-state index < -0.39 is 0 Å². The van der Waals surface area contributed by atoms with E-state index >= 15 is 0 Å². The Hall–Kier alpha value is -1.92. The second-order valence-corrected chi connectivity index (χ2v) is 7.96. The first-order valence-electron chi connectivity index (χ1n) is 9.53. The first kappa shape index (κ1) is 18.4. The lowest BCUT2D eigenvalue weighted by atomic mass is 10.1. The van der Waals surface area contributed by atoms with Crippen LogP contribution in [0.1, 0.15) is 17.5 Å². The van der Waals surface area contributed by atoms with Crippen molar-refractivity contribution in [2.24, 2.45) is 0 Å². The lowest BCUT2D eigenvalue weighted by molar-refractivity contribution is 0.0500. The largest absolute Gasteiger partial charge is 0.464 e. The van der Waals surface area contributed by atoms with Gasteiger partial charge in [0.1, 0.15) is 5.76 Å². The summed E-state index contributed by atoms with van der Waals surface area (Å²) in [6, 6.07) is 15.1. The monoisotopic (exact) mass is 382 g/mol. The van der Waals surface area contributed by atoms with Crippen LogP contribution in [0.2, 0.25) is 0 Å². The van der Waals surface area contributed by atoms with Gasteiger partial charge in [-0.25, -0.2) is 0 Å². The molecule has 27 heavy (non-hydrogen) atoms. The molecule has 1 aromatic carbocycles. The van der Waals surface area contributed by atoms with Crippen LogP contribution in [-0.4, -0.2) is 47.2 Å². The van der Waals surface area contributed by atoms with Crippen LogP contribution in [0.25, 0.3) is 11.3 Å². The molecule has 1 saturated heterocycles. The van der Waals surface area contributed by atoms with Gasteiger partial charge in [0.25, 0.3) is 0 Å². The Labute approximate surface area is 164 Å². The number of aliphatic hydroxyl groups excluding tert-OH is 1. The van der Waals surface area contributed by atoms with E-state index in [1.807, 2.05) is 12.1 Å². The molecule has 0 bridgehead atoms. The van der Waals surface area contributed by atoms with Crippen molar-refractivity contribution >= 4 is 11.3 Å². The predicted molar refractivity (Wildman–Crippen MR) is 110 cm³/mol. The van der Waals surface area contributed by atoms with Crippen molar-refractivity contribution in [3.63, 3.8) is 0 Å². The normalized spacial score (nSPS) is 18.8. The fourth-order valence-electron chi connectivity index (χ4n) is 3.87. The van der Waals surface area contributed by atoms with Gasteiger partial charge in [0.2, 0.25) is 0 Å². The van der Waals surface area contributed by atoms with Gasteiger partial charge in [0.05, 0.1) is 6.26 Å². The molecule has 1 atom stereocenters. The zero-order chi connectivity index (χ0) is 18.5. The molecule has 0 unspecified atom stereocenters. The SMILES string of the molecule is OCC[C@@H]1CN(Cc2cccc(-c3ccco3)c2)CCN1Cc1ccsc1. The summed E-state index contributed by atoms with van der Waals surface area (Å²) in [4.78, 5) is 5.03. The minimum absolute atomic E-state index is 0.243. The van der Waals surface area contributed by atoms with Gasteiger partial charge in [-0.15, -0.1) is 0 Å². The van der Waals surface area contributed by atoms with Crippen molar-refractivity contribution in [3.05, 3.63) is 70.6 Å². The molecule has 0 spiro atoms. The summed E-state index contributed by atoms with van der Waals surface area (Å²) in [7, 11) is 0. The fourth-order valence-corrected chi connectivity index (χ4v) is 4.53. The lowest BCUT2D eigenvalue weighted by Crippen LogP contribution is -2.52. The van der Waals surface area contributed by atoms with Crippen LogP contribution in [0.15, 0.2) is 63.9 Å². The summed E-state index contributed by atoms with van der Waals surface area (Å²) in [5, 5.41) is 13.9. The van der Waals surface area contributed by atoms with Crippen molar-refractivity contribution in [3.8, 4) is 11.3 Å². The number of piperazine rings is 1. The molecule has 3 heterocycles. The predicted octanol–water partition coefficient (Wildman–Crippen LogP) is 4.08. The van der Waals surface area contributed by atoms with Gasteiger partial charge < -0.3 is 9.52 Å². The van der Waals surface area contributed by atoms with Crippen LogP contribution in [0.4, 0.5) is 0 Å². The summed E-state index contributed by atoms with van der Waals surface area (Å²) in [6.07, 6.45) is 2.54. The Morgan fingerprint density at radius 2 is 2.04 bits per heavy atom. The van der Waals surface area contributed by atoms with Crippen LogP contribution < -0.4 is 0 Å². The van der Waals surface area contributed by atoms with Gasteiger partial charge in [-0.3, -0.25) is 9.80 Å². The van der Waals surface area contributed by atoms with E-state index in [4.69, 9.17) is 4.42 Å². The van der Waals surface area contributed by atoms with Gasteiger partial charge in [-0.05, 0) is 52.6 Å². The van der Waals surface area contributed by atoms with Gasteiger partial charge in [0, 0.05) is 50.9 Å². The summed E-state index contributed by atoms with van der Waals surface area (Å²) < 4.78 is 5.53. The topological polar surface area (TPSA) is 39.9 Å². The summed E-state index contributed by atoms with van der Waals surface area (Å²) in [5.74, 6) is 0.913. The maximum Gasteiger partial charge on any atom is 0.133 e. The molecule has 0 amide bonds. The highest BCUT2D eigenvalue weighted by Gasteiger charge is 2.26. The molecule has 3 aromatic rings. The van der Waals surface area contributed by atoms with Crippen LogP contribution in [0.5, 0.6) is 0 Å². The molecule has 5 heteroatoms. The number of rotatable bonds is 7. The van der Waals surface area contributed by atoms with Crippen LogP contribution in [0.3, 0.4) is 0 Å². The zero-order valence-electron chi connectivity index (χ0n) is 15.5. The van der Waals surface area contributed by atoms with Crippen molar-refractivity contribution in [1.29, 1.82) is 0 Å². The molecule has 2 aromatic heterocycles. The molecule has 4 rings (SSSR count). The average molecular weight is 383 g/mol. The minimum Gasteiger partial charge on any atom is -0.464 e. The van der Waals surface area contributed by atoms with Crippen LogP contribution in [-0.2, 0) is 13.1 Å². The van der Waals surface area contributed by atoms with Crippen molar-refractivity contribution in [1.82, 2.24) is 9.80 Å². The molecule has 0 saturated carbocycles. The van der Waals surface area contributed by atoms with Crippen LogP contribution in [0, 0.1) is 0 Å². The molecule has 1 aliphatic heterocycles. The smallest absolute Gasteiger partial charge is 0.133 e. The Morgan fingerprint density at radius 3 is 2.81 bits per heavy atom. The summed E-state index contributed by atoms with van der Waals surface area (Å²) in [6.45, 7) is 5.25. The highest BCUT2D eigenvalue weighted by atomic mass is 32.1. The number of aliphatic hydroxyl groups is 1. The van der Waals surface area contributed by atoms with Gasteiger partial charge >= 0.3 is 0 Å². The molecule has 4 nitrogen and oxygen atoms in total. The number of furan rings is 1. The number of benzene rings is 1. The standard InChI is InChI=1S/C22H26N2O2S/c25-10-6-21-16-23(8-9-24(21)15-19-7-12-27-17-19)14-18-3-1-4-20(13-18)22-5-2-11-26-22/h1-5,7,11-13,17,21,25H,6,8-10,14-16H2/t21-/m1/s1. The lowest BCUT2D eigenvalue weighted by Gasteiger charge is -2.41. The van der Waals surface area contributed by atoms with E-state index in [-0.39, 0.29) is 6.61 Å². The Morgan fingerprint density at radius 1 is 1.07 bits per heavy atom. The molecule has 1 aliphatic rings. The number of hydrogen-bond donors (Lipinski definition) is 1. The second-order valence-electron chi connectivity index (χ2n) is 7.18.